The van der Waals surface area contributed by atoms with Crippen LogP contribution in [0.1, 0.15) is 43.6 Å². The molecule has 0 bridgehead atoms. The van der Waals surface area contributed by atoms with Crippen LogP contribution in [0.25, 0.3) is 0 Å². The van der Waals surface area contributed by atoms with Crippen LogP contribution in [0.5, 0.6) is 5.75 Å². The summed E-state index contributed by atoms with van der Waals surface area (Å²) in [6.45, 7) is 8.00. The minimum atomic E-state index is -0.713. The Bertz CT molecular complexity index is 1260. The number of rotatable bonds is 5. The van der Waals surface area contributed by atoms with E-state index < -0.39 is 6.10 Å². The molecule has 2 N–H and O–H groups in total. The van der Waals surface area contributed by atoms with Crippen molar-refractivity contribution in [3.05, 3.63) is 83.9 Å². The minimum Gasteiger partial charge on any atom is -0.481 e. The van der Waals surface area contributed by atoms with Crippen LogP contribution in [-0.2, 0) is 15.0 Å². The topological polar surface area (TPSA) is 87.7 Å². The van der Waals surface area contributed by atoms with Crippen molar-refractivity contribution in [2.24, 2.45) is 0 Å². The molecule has 0 saturated carbocycles. The largest absolute Gasteiger partial charge is 0.481 e. The van der Waals surface area contributed by atoms with Gasteiger partial charge in [-0.3, -0.25) is 19.3 Å². The van der Waals surface area contributed by atoms with E-state index in [1.807, 2.05) is 30.3 Å². The molecule has 0 aliphatic carbocycles. The summed E-state index contributed by atoms with van der Waals surface area (Å²) in [4.78, 5) is 39.3. The lowest BCUT2D eigenvalue weighted by Crippen LogP contribution is -2.42. The van der Waals surface area contributed by atoms with Crippen LogP contribution in [0, 0.1) is 0 Å². The van der Waals surface area contributed by atoms with E-state index in [2.05, 4.69) is 31.4 Å². The van der Waals surface area contributed by atoms with Crippen molar-refractivity contribution in [3.8, 4) is 5.75 Å². The molecule has 1 heterocycles. The Balaban J connectivity index is 1.41. The van der Waals surface area contributed by atoms with E-state index >= 15 is 0 Å². The number of hydrogen-bond acceptors (Lipinski definition) is 4. The van der Waals surface area contributed by atoms with E-state index in [9.17, 15) is 14.4 Å². The fourth-order valence-corrected chi connectivity index (χ4v) is 3.80. The minimum absolute atomic E-state index is 0.0237. The van der Waals surface area contributed by atoms with Crippen molar-refractivity contribution in [1.82, 2.24) is 0 Å². The Labute approximate surface area is 205 Å². The summed E-state index contributed by atoms with van der Waals surface area (Å²) in [6.07, 6.45) is -0.713. The maximum Gasteiger partial charge on any atom is 0.265 e. The highest BCUT2D eigenvalue weighted by Crippen LogP contribution is 2.30. The van der Waals surface area contributed by atoms with Crippen LogP contribution >= 0.6 is 0 Å². The first kappa shape index (κ1) is 24.0. The van der Waals surface area contributed by atoms with Crippen molar-refractivity contribution in [2.75, 3.05) is 22.1 Å². The first-order chi connectivity index (χ1) is 16.6. The third-order valence-corrected chi connectivity index (χ3v) is 5.80. The standard InChI is InChI=1S/C28H29N3O4/c1-18(35-22-9-7-8-20(16-22)28(2,3)4)26(33)29-21-14-12-19(13-15-21)27(34)31-17-25(32)30-23-10-5-6-11-24(23)31/h5-16,18H,17H2,1-4H3,(H,29,33)(H,30,32). The van der Waals surface area contributed by atoms with E-state index in [4.69, 9.17) is 4.74 Å². The molecule has 3 aromatic rings. The molecule has 1 unspecified atom stereocenters. The number of nitrogens with zero attached hydrogens (tertiary/aromatic N) is 1. The highest BCUT2D eigenvalue weighted by Gasteiger charge is 2.27. The van der Waals surface area contributed by atoms with Crippen LogP contribution in [0.15, 0.2) is 72.8 Å². The van der Waals surface area contributed by atoms with Gasteiger partial charge < -0.3 is 15.4 Å². The predicted molar refractivity (Wildman–Crippen MR) is 137 cm³/mol. The van der Waals surface area contributed by atoms with Gasteiger partial charge >= 0.3 is 0 Å². The molecule has 35 heavy (non-hydrogen) atoms. The fourth-order valence-electron chi connectivity index (χ4n) is 3.80. The van der Waals surface area contributed by atoms with Crippen LogP contribution < -0.4 is 20.3 Å². The average molecular weight is 472 g/mol. The summed E-state index contributed by atoms with van der Waals surface area (Å²) in [5.41, 5.74) is 3.30. The zero-order valence-electron chi connectivity index (χ0n) is 20.3. The number of carbonyl (C=O) groups excluding carboxylic acids is 3. The molecule has 180 valence electrons. The second-order valence-electron chi connectivity index (χ2n) is 9.56. The van der Waals surface area contributed by atoms with Gasteiger partial charge in [0, 0.05) is 11.3 Å². The van der Waals surface area contributed by atoms with E-state index in [0.717, 1.165) is 5.56 Å². The molecule has 0 radical (unpaired) electrons. The fraction of sp³-hybridized carbons (Fsp3) is 0.250. The van der Waals surface area contributed by atoms with Gasteiger partial charge in [-0.2, -0.15) is 0 Å². The van der Waals surface area contributed by atoms with Gasteiger partial charge in [0.15, 0.2) is 6.10 Å². The van der Waals surface area contributed by atoms with E-state index in [1.54, 1.807) is 49.4 Å². The first-order valence-corrected chi connectivity index (χ1v) is 11.5. The number of para-hydroxylation sites is 2. The third-order valence-electron chi connectivity index (χ3n) is 5.80. The summed E-state index contributed by atoms with van der Waals surface area (Å²) in [7, 11) is 0. The molecule has 3 amide bonds. The maximum atomic E-state index is 13.1. The van der Waals surface area contributed by atoms with Crippen LogP contribution in [-0.4, -0.2) is 30.4 Å². The second kappa shape index (κ2) is 9.62. The van der Waals surface area contributed by atoms with Crippen LogP contribution in [0.4, 0.5) is 17.1 Å². The summed E-state index contributed by atoms with van der Waals surface area (Å²) in [5.74, 6) is -0.206. The lowest BCUT2D eigenvalue weighted by atomic mass is 9.87. The molecule has 0 spiro atoms. The number of carbonyl (C=O) groups is 3. The van der Waals surface area contributed by atoms with Gasteiger partial charge in [0.1, 0.15) is 12.3 Å². The molecular weight excluding hydrogens is 442 g/mol. The summed E-state index contributed by atoms with van der Waals surface area (Å²) in [5, 5.41) is 5.60. The van der Waals surface area contributed by atoms with Gasteiger partial charge in [0.25, 0.3) is 11.8 Å². The number of benzene rings is 3. The number of ether oxygens (including phenoxy) is 1. The normalized spacial score (nSPS) is 13.9. The smallest absolute Gasteiger partial charge is 0.265 e. The van der Waals surface area contributed by atoms with Crippen molar-refractivity contribution < 1.29 is 19.1 Å². The number of hydrogen-bond donors (Lipinski definition) is 2. The third kappa shape index (κ3) is 5.51. The van der Waals surface area contributed by atoms with Crippen molar-refractivity contribution in [1.29, 1.82) is 0 Å². The molecule has 1 aliphatic rings. The number of nitrogens with one attached hydrogen (secondary N) is 2. The quantitative estimate of drug-likeness (QED) is 0.549. The van der Waals surface area contributed by atoms with Gasteiger partial charge in [-0.1, -0.05) is 45.0 Å². The monoisotopic (exact) mass is 471 g/mol. The molecule has 0 fully saturated rings. The molecule has 1 aliphatic heterocycles. The second-order valence-corrected chi connectivity index (χ2v) is 9.56. The van der Waals surface area contributed by atoms with Gasteiger partial charge in [-0.15, -0.1) is 0 Å². The van der Waals surface area contributed by atoms with Gasteiger partial charge in [-0.05, 0) is 66.4 Å². The summed E-state index contributed by atoms with van der Waals surface area (Å²) in [6, 6.07) is 21.5. The van der Waals surface area contributed by atoms with Gasteiger partial charge in [0.05, 0.1) is 11.4 Å². The highest BCUT2D eigenvalue weighted by atomic mass is 16.5. The molecule has 1 atom stereocenters. The molecule has 7 heteroatoms. The highest BCUT2D eigenvalue weighted by molar-refractivity contribution is 6.15. The van der Waals surface area contributed by atoms with Crippen molar-refractivity contribution in [3.63, 3.8) is 0 Å². The van der Waals surface area contributed by atoms with Crippen molar-refractivity contribution in [2.45, 2.75) is 39.2 Å². The Morgan fingerprint density at radius 2 is 1.71 bits per heavy atom. The van der Waals surface area contributed by atoms with E-state index in [0.29, 0.717) is 28.4 Å². The molecule has 3 aromatic carbocycles. The molecule has 0 saturated heterocycles. The van der Waals surface area contributed by atoms with Crippen molar-refractivity contribution >= 4 is 34.8 Å². The lowest BCUT2D eigenvalue weighted by Gasteiger charge is -2.29. The molecular formula is C28H29N3O4. The van der Waals surface area contributed by atoms with E-state index in [1.165, 1.54) is 4.90 Å². The zero-order chi connectivity index (χ0) is 25.2. The van der Waals surface area contributed by atoms with Gasteiger partial charge in [0.2, 0.25) is 5.91 Å². The summed E-state index contributed by atoms with van der Waals surface area (Å²) < 4.78 is 5.86. The maximum absolute atomic E-state index is 13.1. The number of fused-ring (bicyclic) bond motifs is 1. The summed E-state index contributed by atoms with van der Waals surface area (Å²) >= 11 is 0. The molecule has 7 nitrogen and oxygen atoms in total. The number of amides is 3. The van der Waals surface area contributed by atoms with Crippen LogP contribution in [0.3, 0.4) is 0 Å². The Morgan fingerprint density at radius 3 is 2.43 bits per heavy atom. The first-order valence-electron chi connectivity index (χ1n) is 11.5. The Morgan fingerprint density at radius 1 is 1.00 bits per heavy atom. The van der Waals surface area contributed by atoms with Crippen LogP contribution in [0.2, 0.25) is 0 Å². The van der Waals surface area contributed by atoms with Gasteiger partial charge in [-0.25, -0.2) is 0 Å². The molecule has 4 rings (SSSR count). The Hall–Kier alpha value is -4.13. The SMILES string of the molecule is CC(Oc1cccc(C(C)(C)C)c1)C(=O)Nc1ccc(C(=O)N2CC(=O)Nc3ccccc32)cc1. The average Bonchev–Trinajstić information content (AvgIpc) is 2.83. The number of anilines is 3. The Kier molecular flexibility index (Phi) is 6.60. The lowest BCUT2D eigenvalue weighted by molar-refractivity contribution is -0.122. The zero-order valence-corrected chi connectivity index (χ0v) is 20.3. The predicted octanol–water partition coefficient (Wildman–Crippen LogP) is 4.99. The van der Waals surface area contributed by atoms with E-state index in [-0.39, 0.29) is 29.7 Å². The molecule has 0 aromatic heterocycles.